The van der Waals surface area contributed by atoms with Gasteiger partial charge in [-0.3, -0.25) is 4.90 Å². The molecular formula is C17H23N3O2. The summed E-state index contributed by atoms with van der Waals surface area (Å²) >= 11 is 0. The minimum atomic E-state index is 0.185. The summed E-state index contributed by atoms with van der Waals surface area (Å²) in [6.07, 6.45) is 5.77. The number of imidazole rings is 1. The molecule has 118 valence electrons. The van der Waals surface area contributed by atoms with Crippen LogP contribution >= 0.6 is 0 Å². The van der Waals surface area contributed by atoms with Crippen molar-refractivity contribution in [3.63, 3.8) is 0 Å². The molecule has 1 atom stereocenters. The average molecular weight is 301 g/mol. The van der Waals surface area contributed by atoms with Crippen LogP contribution in [0.2, 0.25) is 0 Å². The molecule has 0 aliphatic carbocycles. The second-order valence-electron chi connectivity index (χ2n) is 5.76. The topological polar surface area (TPSA) is 39.5 Å². The SMILES string of the molecule is COCC1CN(Cc2ccc(-n3ccnc3)cc2C)CCO1. The molecule has 1 saturated heterocycles. The van der Waals surface area contributed by atoms with Gasteiger partial charge in [0.25, 0.3) is 0 Å². The molecule has 22 heavy (non-hydrogen) atoms. The number of benzene rings is 1. The van der Waals surface area contributed by atoms with Crippen molar-refractivity contribution in [3.05, 3.63) is 48.0 Å². The fourth-order valence-electron chi connectivity index (χ4n) is 2.88. The Morgan fingerprint density at radius 1 is 1.41 bits per heavy atom. The quantitative estimate of drug-likeness (QED) is 0.847. The van der Waals surface area contributed by atoms with Crippen molar-refractivity contribution >= 4 is 0 Å². The smallest absolute Gasteiger partial charge is 0.0991 e. The summed E-state index contributed by atoms with van der Waals surface area (Å²) < 4.78 is 12.9. The third-order valence-corrected chi connectivity index (χ3v) is 4.10. The summed E-state index contributed by atoms with van der Waals surface area (Å²) in [5, 5.41) is 0. The zero-order valence-electron chi connectivity index (χ0n) is 13.2. The third-order valence-electron chi connectivity index (χ3n) is 4.10. The Morgan fingerprint density at radius 3 is 3.05 bits per heavy atom. The van der Waals surface area contributed by atoms with E-state index in [2.05, 4.69) is 35.0 Å². The lowest BCUT2D eigenvalue weighted by molar-refractivity contribution is -0.0631. The fraction of sp³-hybridized carbons (Fsp3) is 0.471. The normalized spacial score (nSPS) is 19.5. The molecule has 1 aliphatic rings. The summed E-state index contributed by atoms with van der Waals surface area (Å²) in [7, 11) is 1.72. The highest BCUT2D eigenvalue weighted by atomic mass is 16.5. The molecule has 0 radical (unpaired) electrons. The maximum absolute atomic E-state index is 5.71. The Morgan fingerprint density at radius 2 is 2.32 bits per heavy atom. The van der Waals surface area contributed by atoms with Gasteiger partial charge >= 0.3 is 0 Å². The van der Waals surface area contributed by atoms with Gasteiger partial charge in [-0.1, -0.05) is 6.07 Å². The van der Waals surface area contributed by atoms with Crippen LogP contribution < -0.4 is 0 Å². The lowest BCUT2D eigenvalue weighted by Crippen LogP contribution is -2.43. The maximum Gasteiger partial charge on any atom is 0.0991 e. The Bertz CT molecular complexity index is 596. The molecule has 2 aromatic rings. The second kappa shape index (κ2) is 7.05. The van der Waals surface area contributed by atoms with Gasteiger partial charge in [0.1, 0.15) is 0 Å². The monoisotopic (exact) mass is 301 g/mol. The van der Waals surface area contributed by atoms with E-state index in [-0.39, 0.29) is 6.10 Å². The lowest BCUT2D eigenvalue weighted by Gasteiger charge is -2.33. The fourth-order valence-corrected chi connectivity index (χ4v) is 2.88. The Labute approximate surface area is 131 Å². The van der Waals surface area contributed by atoms with E-state index in [4.69, 9.17) is 9.47 Å². The van der Waals surface area contributed by atoms with E-state index in [1.54, 1.807) is 13.3 Å². The highest BCUT2D eigenvalue weighted by molar-refractivity contribution is 5.40. The minimum absolute atomic E-state index is 0.185. The number of nitrogens with zero attached hydrogens (tertiary/aromatic N) is 3. The van der Waals surface area contributed by atoms with Crippen molar-refractivity contribution in [1.82, 2.24) is 14.5 Å². The van der Waals surface area contributed by atoms with Crippen molar-refractivity contribution in [2.75, 3.05) is 33.4 Å². The summed E-state index contributed by atoms with van der Waals surface area (Å²) in [6, 6.07) is 6.58. The van der Waals surface area contributed by atoms with Gasteiger partial charge in [0, 0.05) is 44.8 Å². The van der Waals surface area contributed by atoms with Crippen LogP contribution in [-0.2, 0) is 16.0 Å². The van der Waals surface area contributed by atoms with Gasteiger partial charge < -0.3 is 14.0 Å². The van der Waals surface area contributed by atoms with Gasteiger partial charge in [0.2, 0.25) is 0 Å². The van der Waals surface area contributed by atoms with Crippen molar-refractivity contribution in [2.24, 2.45) is 0 Å². The minimum Gasteiger partial charge on any atom is -0.382 e. The molecule has 1 aromatic heterocycles. The van der Waals surface area contributed by atoms with Gasteiger partial charge in [-0.15, -0.1) is 0 Å². The van der Waals surface area contributed by atoms with E-state index in [0.29, 0.717) is 6.61 Å². The number of aromatic nitrogens is 2. The maximum atomic E-state index is 5.71. The van der Waals surface area contributed by atoms with E-state index < -0.39 is 0 Å². The van der Waals surface area contributed by atoms with Crippen molar-refractivity contribution < 1.29 is 9.47 Å². The molecule has 0 amide bonds. The molecule has 3 rings (SSSR count). The van der Waals surface area contributed by atoms with Crippen molar-refractivity contribution in [2.45, 2.75) is 19.6 Å². The number of methoxy groups -OCH3 is 1. The van der Waals surface area contributed by atoms with Crippen LogP contribution in [-0.4, -0.2) is 54.0 Å². The Kier molecular flexibility index (Phi) is 4.87. The van der Waals surface area contributed by atoms with E-state index in [9.17, 15) is 0 Å². The standard InChI is InChI=1S/C17H23N3O2/c1-14-9-16(20-6-5-18-13-20)4-3-15(14)10-19-7-8-22-17(11-19)12-21-2/h3-6,9,13,17H,7-8,10-12H2,1-2H3. The number of hydrogen-bond acceptors (Lipinski definition) is 4. The number of hydrogen-bond donors (Lipinski definition) is 0. The predicted octanol–water partition coefficient (Wildman–Crippen LogP) is 2.03. The molecule has 2 heterocycles. The molecule has 5 heteroatoms. The van der Waals surface area contributed by atoms with Gasteiger partial charge in [0.05, 0.1) is 25.6 Å². The molecule has 0 N–H and O–H groups in total. The van der Waals surface area contributed by atoms with Crippen molar-refractivity contribution in [1.29, 1.82) is 0 Å². The van der Waals surface area contributed by atoms with Crippen LogP contribution in [0.3, 0.4) is 0 Å². The molecule has 1 unspecified atom stereocenters. The number of aryl methyl sites for hydroxylation is 1. The van der Waals surface area contributed by atoms with Crippen LogP contribution in [0, 0.1) is 6.92 Å². The average Bonchev–Trinajstić information content (AvgIpc) is 3.04. The number of ether oxygens (including phenoxy) is 2. The van der Waals surface area contributed by atoms with E-state index >= 15 is 0 Å². The molecule has 0 bridgehead atoms. The molecule has 0 spiro atoms. The first kappa shape index (κ1) is 15.2. The molecular weight excluding hydrogens is 278 g/mol. The molecule has 1 aliphatic heterocycles. The van der Waals surface area contributed by atoms with Crippen LogP contribution in [0.4, 0.5) is 0 Å². The largest absolute Gasteiger partial charge is 0.382 e. The first-order chi connectivity index (χ1) is 10.8. The van der Waals surface area contributed by atoms with Gasteiger partial charge in [-0.25, -0.2) is 4.98 Å². The first-order valence-electron chi connectivity index (χ1n) is 7.67. The Hall–Kier alpha value is -1.69. The summed E-state index contributed by atoms with van der Waals surface area (Å²) in [6.45, 7) is 6.47. The first-order valence-corrected chi connectivity index (χ1v) is 7.67. The van der Waals surface area contributed by atoms with Crippen LogP contribution in [0.5, 0.6) is 0 Å². The van der Waals surface area contributed by atoms with Gasteiger partial charge in [-0.2, -0.15) is 0 Å². The second-order valence-corrected chi connectivity index (χ2v) is 5.76. The Balaban J connectivity index is 1.67. The molecule has 1 aromatic carbocycles. The van der Waals surface area contributed by atoms with Crippen LogP contribution in [0.1, 0.15) is 11.1 Å². The summed E-state index contributed by atoms with van der Waals surface area (Å²) in [5.41, 5.74) is 3.82. The van der Waals surface area contributed by atoms with E-state index in [1.165, 1.54) is 11.1 Å². The summed E-state index contributed by atoms with van der Waals surface area (Å²) in [4.78, 5) is 6.54. The van der Waals surface area contributed by atoms with Crippen LogP contribution in [0.25, 0.3) is 5.69 Å². The summed E-state index contributed by atoms with van der Waals surface area (Å²) in [5.74, 6) is 0. The van der Waals surface area contributed by atoms with Crippen LogP contribution in [0.15, 0.2) is 36.9 Å². The molecule has 1 fully saturated rings. The molecule has 0 saturated carbocycles. The number of rotatable bonds is 5. The third kappa shape index (κ3) is 3.55. The highest BCUT2D eigenvalue weighted by Gasteiger charge is 2.20. The van der Waals surface area contributed by atoms with E-state index in [1.807, 2.05) is 17.1 Å². The number of morpholine rings is 1. The zero-order valence-corrected chi connectivity index (χ0v) is 13.2. The van der Waals surface area contributed by atoms with Gasteiger partial charge in [-0.05, 0) is 30.2 Å². The van der Waals surface area contributed by atoms with E-state index in [0.717, 1.165) is 31.9 Å². The lowest BCUT2D eigenvalue weighted by atomic mass is 10.1. The molecule has 5 nitrogen and oxygen atoms in total. The van der Waals surface area contributed by atoms with Crippen molar-refractivity contribution in [3.8, 4) is 5.69 Å². The highest BCUT2D eigenvalue weighted by Crippen LogP contribution is 2.18. The predicted molar refractivity (Wildman–Crippen MR) is 85.2 cm³/mol. The van der Waals surface area contributed by atoms with Gasteiger partial charge in [0.15, 0.2) is 0 Å². The zero-order chi connectivity index (χ0) is 15.4.